The smallest absolute Gasteiger partial charge is 0.0724 e. The van der Waals surface area contributed by atoms with E-state index in [-0.39, 0.29) is 6.10 Å². The number of aliphatic hydroxyl groups excluding tert-OH is 1. The summed E-state index contributed by atoms with van der Waals surface area (Å²) in [4.78, 5) is 8.17. The molecule has 2 N–H and O–H groups in total. The van der Waals surface area contributed by atoms with Crippen LogP contribution in [0.2, 0.25) is 0 Å². The van der Waals surface area contributed by atoms with E-state index in [0.717, 1.165) is 38.0 Å². The monoisotopic (exact) mass is 207 g/mol. The summed E-state index contributed by atoms with van der Waals surface area (Å²) in [5, 5.41) is 12.9. The van der Waals surface area contributed by atoms with Crippen LogP contribution in [-0.2, 0) is 6.54 Å². The van der Waals surface area contributed by atoms with Gasteiger partial charge in [-0.15, -0.1) is 0 Å². The van der Waals surface area contributed by atoms with Crippen LogP contribution in [0.5, 0.6) is 0 Å². The number of nitrogens with one attached hydrogen (secondary N) is 1. The van der Waals surface area contributed by atoms with Gasteiger partial charge in [-0.1, -0.05) is 6.42 Å². The Morgan fingerprint density at radius 1 is 1.40 bits per heavy atom. The highest BCUT2D eigenvalue weighted by Crippen LogP contribution is 2.24. The molecule has 2 rings (SSSR count). The average Bonchev–Trinajstić information content (AvgIpc) is 2.66. The van der Waals surface area contributed by atoms with Gasteiger partial charge in [-0.25, -0.2) is 0 Å². The van der Waals surface area contributed by atoms with Gasteiger partial charge in [-0.2, -0.15) is 0 Å². The Morgan fingerprint density at radius 3 is 3.00 bits per heavy atom. The van der Waals surface area contributed by atoms with E-state index in [9.17, 15) is 5.11 Å². The molecule has 0 aromatic carbocycles. The minimum atomic E-state index is -0.112. The van der Waals surface area contributed by atoms with Crippen molar-refractivity contribution < 1.29 is 5.11 Å². The predicted octanol–water partition coefficient (Wildman–Crippen LogP) is 0.727. The molecule has 0 saturated heterocycles. The van der Waals surface area contributed by atoms with Crippen LogP contribution in [-0.4, -0.2) is 27.7 Å². The third-order valence-corrected chi connectivity index (χ3v) is 2.95. The van der Waals surface area contributed by atoms with Gasteiger partial charge in [0.05, 0.1) is 11.8 Å². The zero-order valence-corrected chi connectivity index (χ0v) is 8.76. The molecule has 0 bridgehead atoms. The summed E-state index contributed by atoms with van der Waals surface area (Å²) in [7, 11) is 0. The molecule has 1 saturated carbocycles. The summed E-state index contributed by atoms with van der Waals surface area (Å²) in [6.45, 7) is 1.61. The number of nitrogens with zero attached hydrogens (tertiary/aromatic N) is 2. The van der Waals surface area contributed by atoms with Crippen molar-refractivity contribution in [2.75, 3.05) is 6.54 Å². The van der Waals surface area contributed by atoms with Crippen molar-refractivity contribution in [3.8, 4) is 0 Å². The molecule has 0 radical (unpaired) electrons. The normalized spacial score (nSPS) is 25.7. The van der Waals surface area contributed by atoms with Crippen LogP contribution in [0.4, 0.5) is 0 Å². The Kier molecular flexibility index (Phi) is 3.64. The molecular formula is C11H17N3O. The SMILES string of the molecule is OC1CCCC1CNCc1cnccn1. The Bertz CT molecular complexity index is 291. The number of aromatic nitrogens is 2. The Hall–Kier alpha value is -1.00. The van der Waals surface area contributed by atoms with Gasteiger partial charge < -0.3 is 10.4 Å². The molecule has 4 heteroatoms. The minimum absolute atomic E-state index is 0.112. The van der Waals surface area contributed by atoms with E-state index in [0.29, 0.717) is 5.92 Å². The molecule has 1 aliphatic rings. The number of aliphatic hydroxyl groups is 1. The molecule has 0 spiro atoms. The highest BCUT2D eigenvalue weighted by Gasteiger charge is 2.24. The summed E-state index contributed by atoms with van der Waals surface area (Å²) in [6, 6.07) is 0. The maximum atomic E-state index is 9.62. The molecular weight excluding hydrogens is 190 g/mol. The van der Waals surface area contributed by atoms with E-state index in [4.69, 9.17) is 0 Å². The molecule has 1 aromatic rings. The highest BCUT2D eigenvalue weighted by molar-refractivity contribution is 4.93. The van der Waals surface area contributed by atoms with Crippen molar-refractivity contribution in [3.63, 3.8) is 0 Å². The van der Waals surface area contributed by atoms with Gasteiger partial charge in [0.2, 0.25) is 0 Å². The fraction of sp³-hybridized carbons (Fsp3) is 0.636. The molecule has 15 heavy (non-hydrogen) atoms. The first-order valence-corrected chi connectivity index (χ1v) is 5.50. The summed E-state index contributed by atoms with van der Waals surface area (Å²) >= 11 is 0. The van der Waals surface area contributed by atoms with E-state index in [1.54, 1.807) is 18.6 Å². The second-order valence-electron chi connectivity index (χ2n) is 4.09. The second kappa shape index (κ2) is 5.19. The minimum Gasteiger partial charge on any atom is -0.393 e. The molecule has 1 heterocycles. The van der Waals surface area contributed by atoms with Crippen LogP contribution >= 0.6 is 0 Å². The van der Waals surface area contributed by atoms with E-state index >= 15 is 0 Å². The first-order chi connectivity index (χ1) is 7.36. The largest absolute Gasteiger partial charge is 0.393 e. The van der Waals surface area contributed by atoms with Crippen LogP contribution in [0, 0.1) is 5.92 Å². The first-order valence-electron chi connectivity index (χ1n) is 5.50. The Balaban J connectivity index is 1.71. The van der Waals surface area contributed by atoms with Gasteiger partial charge >= 0.3 is 0 Å². The van der Waals surface area contributed by atoms with E-state index in [1.807, 2.05) is 0 Å². The predicted molar refractivity (Wildman–Crippen MR) is 57.1 cm³/mol. The van der Waals surface area contributed by atoms with Gasteiger partial charge in [0.25, 0.3) is 0 Å². The standard InChI is InChI=1S/C11H17N3O/c15-11-3-1-2-9(11)6-13-8-10-7-12-4-5-14-10/h4-5,7,9,11,13,15H,1-3,6,8H2. The summed E-state index contributed by atoms with van der Waals surface area (Å²) < 4.78 is 0. The van der Waals surface area contributed by atoms with Crippen molar-refractivity contribution in [3.05, 3.63) is 24.3 Å². The fourth-order valence-electron chi connectivity index (χ4n) is 2.06. The fourth-order valence-corrected chi connectivity index (χ4v) is 2.06. The molecule has 1 aromatic heterocycles. The molecule has 0 amide bonds. The molecule has 2 atom stereocenters. The van der Waals surface area contributed by atoms with Gasteiger partial charge in [0.1, 0.15) is 0 Å². The van der Waals surface area contributed by atoms with Crippen LogP contribution in [0.15, 0.2) is 18.6 Å². The lowest BCUT2D eigenvalue weighted by molar-refractivity contribution is 0.131. The van der Waals surface area contributed by atoms with Crippen molar-refractivity contribution in [1.82, 2.24) is 15.3 Å². The van der Waals surface area contributed by atoms with E-state index in [2.05, 4.69) is 15.3 Å². The maximum Gasteiger partial charge on any atom is 0.0724 e. The topological polar surface area (TPSA) is 58.0 Å². The molecule has 4 nitrogen and oxygen atoms in total. The van der Waals surface area contributed by atoms with Gasteiger partial charge in [0.15, 0.2) is 0 Å². The summed E-state index contributed by atoms with van der Waals surface area (Å²) in [5.41, 5.74) is 0.949. The molecule has 0 aliphatic heterocycles. The highest BCUT2D eigenvalue weighted by atomic mass is 16.3. The summed E-state index contributed by atoms with van der Waals surface area (Å²) in [5.74, 6) is 0.418. The van der Waals surface area contributed by atoms with Gasteiger partial charge in [0, 0.05) is 31.7 Å². The van der Waals surface area contributed by atoms with Crippen LogP contribution in [0.25, 0.3) is 0 Å². The summed E-state index contributed by atoms with van der Waals surface area (Å²) in [6.07, 6.45) is 8.26. The van der Waals surface area contributed by atoms with Crippen molar-refractivity contribution in [1.29, 1.82) is 0 Å². The number of rotatable bonds is 4. The number of hydrogen-bond donors (Lipinski definition) is 2. The zero-order valence-electron chi connectivity index (χ0n) is 8.76. The first kappa shape index (κ1) is 10.5. The van der Waals surface area contributed by atoms with Crippen LogP contribution in [0.3, 0.4) is 0 Å². The Labute approximate surface area is 89.8 Å². The Morgan fingerprint density at radius 2 is 2.33 bits per heavy atom. The lowest BCUT2D eigenvalue weighted by Crippen LogP contribution is -2.27. The lowest BCUT2D eigenvalue weighted by Gasteiger charge is -2.14. The molecule has 1 aliphatic carbocycles. The van der Waals surface area contributed by atoms with Crippen molar-refractivity contribution in [2.24, 2.45) is 5.92 Å². The lowest BCUT2D eigenvalue weighted by atomic mass is 10.1. The third-order valence-electron chi connectivity index (χ3n) is 2.95. The zero-order chi connectivity index (χ0) is 10.5. The molecule has 2 unspecified atom stereocenters. The van der Waals surface area contributed by atoms with Crippen molar-refractivity contribution >= 4 is 0 Å². The average molecular weight is 207 g/mol. The molecule has 1 fully saturated rings. The van der Waals surface area contributed by atoms with E-state index in [1.165, 1.54) is 0 Å². The van der Waals surface area contributed by atoms with Crippen LogP contribution in [0.1, 0.15) is 25.0 Å². The maximum absolute atomic E-state index is 9.62. The van der Waals surface area contributed by atoms with Crippen LogP contribution < -0.4 is 5.32 Å². The third kappa shape index (κ3) is 2.97. The van der Waals surface area contributed by atoms with Crippen molar-refractivity contribution in [2.45, 2.75) is 31.9 Å². The molecule has 82 valence electrons. The van der Waals surface area contributed by atoms with Gasteiger partial charge in [-0.3, -0.25) is 9.97 Å². The second-order valence-corrected chi connectivity index (χ2v) is 4.09. The van der Waals surface area contributed by atoms with E-state index < -0.39 is 0 Å². The van der Waals surface area contributed by atoms with Gasteiger partial charge in [-0.05, 0) is 18.8 Å². The number of hydrogen-bond acceptors (Lipinski definition) is 4. The quantitative estimate of drug-likeness (QED) is 0.764.